The third-order valence-corrected chi connectivity index (χ3v) is 8.38. The Bertz CT molecular complexity index is 390. The highest BCUT2D eigenvalue weighted by atomic mass is 16.1. The molecule has 0 unspecified atom stereocenters. The summed E-state index contributed by atoms with van der Waals surface area (Å²) in [5.41, 5.74) is 0. The minimum atomic E-state index is 0.638. The first-order valence-electron chi connectivity index (χ1n) is 17.8. The van der Waals surface area contributed by atoms with Crippen LogP contribution in [0.5, 0.6) is 0 Å². The van der Waals surface area contributed by atoms with Crippen LogP contribution in [0, 0.1) is 0 Å². The predicted octanol–water partition coefficient (Wildman–Crippen LogP) is 13.4. The fourth-order valence-electron chi connectivity index (χ4n) is 5.75. The lowest BCUT2D eigenvalue weighted by Crippen LogP contribution is -1.85. The van der Waals surface area contributed by atoms with Crippen LogP contribution in [0.4, 0.5) is 0 Å². The van der Waals surface area contributed by atoms with Crippen LogP contribution >= 0.6 is 0 Å². The van der Waals surface area contributed by atoms with E-state index in [0.29, 0.717) is 6.42 Å². The summed E-state index contributed by atoms with van der Waals surface area (Å²) in [7, 11) is 0. The van der Waals surface area contributed by atoms with E-state index in [0.717, 1.165) is 6.42 Å². The van der Waals surface area contributed by atoms with E-state index in [1.165, 1.54) is 205 Å². The van der Waals surface area contributed by atoms with E-state index in [2.05, 4.69) is 6.92 Å². The summed E-state index contributed by atoms with van der Waals surface area (Å²) < 4.78 is 0. The molecule has 1 radical (unpaired) electrons. The first-order valence-corrected chi connectivity index (χ1v) is 17.8. The number of carbonyl (C=O) groups excluding carboxylic acids is 1. The summed E-state index contributed by atoms with van der Waals surface area (Å²) in [6, 6.07) is 0. The molecular formula is C36H71O. The standard InChI is InChI=1S/C36H71O/c1-2-3-4-5-6-7-8-9-10-11-12-13-14-15-16-17-18-19-20-21-22-23-24-25-26-27-28-29-30-31-32-33-34-35-36-37/h2-35H2,1H3. The SMILES string of the molecule is CCCCCCCCCCCCCCCCCCCCCCCCCCCCCCCCCCC[C]=O. The van der Waals surface area contributed by atoms with Crippen LogP contribution in [0.15, 0.2) is 0 Å². The summed E-state index contributed by atoms with van der Waals surface area (Å²) in [5.74, 6) is 0. The molecule has 0 atom stereocenters. The lowest BCUT2D eigenvalue weighted by molar-refractivity contribution is 0.511. The summed E-state index contributed by atoms with van der Waals surface area (Å²) >= 11 is 0. The van der Waals surface area contributed by atoms with Crippen LogP contribution in [0.25, 0.3) is 0 Å². The normalized spacial score (nSPS) is 11.4. The first-order chi connectivity index (χ1) is 18.4. The average Bonchev–Trinajstić information content (AvgIpc) is 2.91. The molecule has 0 bridgehead atoms. The summed E-state index contributed by atoms with van der Waals surface area (Å²) in [6.07, 6.45) is 50.0. The smallest absolute Gasteiger partial charge is 0.198 e. The second-order valence-corrected chi connectivity index (χ2v) is 12.2. The van der Waals surface area contributed by atoms with Gasteiger partial charge in [-0.1, -0.05) is 212 Å². The largest absolute Gasteiger partial charge is 0.291 e. The van der Waals surface area contributed by atoms with Gasteiger partial charge in [0.05, 0.1) is 0 Å². The Hall–Kier alpha value is -0.330. The maximum absolute atomic E-state index is 10.2. The van der Waals surface area contributed by atoms with Crippen molar-refractivity contribution in [2.24, 2.45) is 0 Å². The van der Waals surface area contributed by atoms with Crippen molar-refractivity contribution < 1.29 is 4.79 Å². The van der Waals surface area contributed by atoms with Crippen LogP contribution in [0.3, 0.4) is 0 Å². The van der Waals surface area contributed by atoms with Gasteiger partial charge in [0.25, 0.3) is 0 Å². The molecule has 1 nitrogen and oxygen atoms in total. The van der Waals surface area contributed by atoms with Gasteiger partial charge in [-0.05, 0) is 6.42 Å². The third-order valence-electron chi connectivity index (χ3n) is 8.38. The van der Waals surface area contributed by atoms with E-state index in [1.54, 1.807) is 0 Å². The zero-order chi connectivity index (χ0) is 26.7. The number of hydrogen-bond donors (Lipinski definition) is 0. The zero-order valence-corrected chi connectivity index (χ0v) is 25.9. The van der Waals surface area contributed by atoms with Crippen LogP contribution in [-0.4, -0.2) is 6.29 Å². The minimum absolute atomic E-state index is 0.638. The van der Waals surface area contributed by atoms with E-state index in [4.69, 9.17) is 0 Å². The van der Waals surface area contributed by atoms with Crippen LogP contribution in [0.1, 0.15) is 225 Å². The Kier molecular flexibility index (Phi) is 35.4. The molecule has 0 aromatic rings. The third kappa shape index (κ3) is 35.7. The number of unbranched alkanes of at least 4 members (excludes halogenated alkanes) is 33. The Morgan fingerprint density at radius 3 is 0.595 bits per heavy atom. The van der Waals surface area contributed by atoms with Gasteiger partial charge in [0.15, 0.2) is 6.29 Å². The molecule has 0 aromatic heterocycles. The lowest BCUT2D eigenvalue weighted by Gasteiger charge is -2.05. The predicted molar refractivity (Wildman–Crippen MR) is 168 cm³/mol. The van der Waals surface area contributed by atoms with Gasteiger partial charge < -0.3 is 0 Å². The highest BCUT2D eigenvalue weighted by molar-refractivity contribution is 5.50. The summed E-state index contributed by atoms with van der Waals surface area (Å²) in [4.78, 5) is 10.2. The van der Waals surface area contributed by atoms with Crippen molar-refractivity contribution in [1.82, 2.24) is 0 Å². The second-order valence-electron chi connectivity index (χ2n) is 12.2. The van der Waals surface area contributed by atoms with Crippen LogP contribution in [0.2, 0.25) is 0 Å². The van der Waals surface area contributed by atoms with Crippen molar-refractivity contribution in [3.63, 3.8) is 0 Å². The molecule has 0 heterocycles. The Morgan fingerprint density at radius 2 is 0.432 bits per heavy atom. The molecule has 1 heteroatoms. The van der Waals surface area contributed by atoms with Crippen molar-refractivity contribution in [2.45, 2.75) is 225 Å². The molecule has 0 saturated heterocycles. The highest BCUT2D eigenvalue weighted by Gasteiger charge is 1.97. The van der Waals surface area contributed by atoms with E-state index in [9.17, 15) is 4.79 Å². The van der Waals surface area contributed by atoms with E-state index >= 15 is 0 Å². The molecule has 0 aromatic carbocycles. The molecule has 0 aliphatic rings. The summed E-state index contributed by atoms with van der Waals surface area (Å²) in [5, 5.41) is 0. The van der Waals surface area contributed by atoms with Crippen molar-refractivity contribution in [2.75, 3.05) is 0 Å². The first kappa shape index (κ1) is 36.7. The van der Waals surface area contributed by atoms with Gasteiger partial charge in [0.2, 0.25) is 0 Å². The van der Waals surface area contributed by atoms with Gasteiger partial charge in [-0.15, -0.1) is 0 Å². The Labute approximate surface area is 236 Å². The van der Waals surface area contributed by atoms with Crippen molar-refractivity contribution >= 4 is 6.29 Å². The zero-order valence-electron chi connectivity index (χ0n) is 25.9. The van der Waals surface area contributed by atoms with Gasteiger partial charge in [-0.25, -0.2) is 0 Å². The number of rotatable bonds is 34. The fourth-order valence-corrected chi connectivity index (χ4v) is 5.75. The fraction of sp³-hybridized carbons (Fsp3) is 0.972. The Morgan fingerprint density at radius 1 is 0.270 bits per heavy atom. The quantitative estimate of drug-likeness (QED) is 0.0772. The molecule has 0 rings (SSSR count). The molecule has 0 N–H and O–H groups in total. The molecule has 0 amide bonds. The Balaban J connectivity index is 3.01. The molecule has 0 saturated carbocycles. The van der Waals surface area contributed by atoms with Gasteiger partial charge in [-0.3, -0.25) is 4.79 Å². The molecule has 37 heavy (non-hydrogen) atoms. The lowest BCUT2D eigenvalue weighted by atomic mass is 10.0. The topological polar surface area (TPSA) is 17.1 Å². The molecule has 0 aliphatic carbocycles. The molecule has 0 spiro atoms. The molecule has 0 aliphatic heterocycles. The highest BCUT2D eigenvalue weighted by Crippen LogP contribution is 2.17. The minimum Gasteiger partial charge on any atom is -0.291 e. The van der Waals surface area contributed by atoms with Crippen molar-refractivity contribution in [3.8, 4) is 0 Å². The number of hydrogen-bond acceptors (Lipinski definition) is 1. The summed E-state index contributed by atoms with van der Waals surface area (Å²) in [6.45, 7) is 2.30. The monoisotopic (exact) mass is 520 g/mol. The van der Waals surface area contributed by atoms with Crippen LogP contribution in [-0.2, 0) is 4.79 Å². The van der Waals surface area contributed by atoms with Gasteiger partial charge in [-0.2, -0.15) is 0 Å². The van der Waals surface area contributed by atoms with E-state index < -0.39 is 0 Å². The van der Waals surface area contributed by atoms with Gasteiger partial charge >= 0.3 is 0 Å². The molecule has 0 fully saturated rings. The van der Waals surface area contributed by atoms with Crippen LogP contribution < -0.4 is 0 Å². The second kappa shape index (κ2) is 35.7. The maximum Gasteiger partial charge on any atom is 0.198 e. The van der Waals surface area contributed by atoms with E-state index in [1.807, 2.05) is 6.29 Å². The van der Waals surface area contributed by atoms with E-state index in [-0.39, 0.29) is 0 Å². The molecule has 221 valence electrons. The molecular weight excluding hydrogens is 448 g/mol. The van der Waals surface area contributed by atoms with Crippen molar-refractivity contribution in [3.05, 3.63) is 0 Å². The average molecular weight is 520 g/mol. The maximum atomic E-state index is 10.2. The van der Waals surface area contributed by atoms with Gasteiger partial charge in [0, 0.05) is 6.42 Å². The van der Waals surface area contributed by atoms with Gasteiger partial charge in [0.1, 0.15) is 0 Å². The van der Waals surface area contributed by atoms with Crippen molar-refractivity contribution in [1.29, 1.82) is 0 Å².